The minimum atomic E-state index is -4.56. The number of esters is 1. The Morgan fingerprint density at radius 2 is 2.06 bits per heavy atom. The van der Waals surface area contributed by atoms with Crippen LogP contribution in [-0.4, -0.2) is 33.1 Å². The number of rotatable bonds is 3. The highest BCUT2D eigenvalue weighted by atomic mass is 32.2. The van der Waals surface area contributed by atoms with E-state index in [0.717, 1.165) is 16.3 Å². The number of halogens is 3. The second kappa shape index (κ2) is 4.94. The van der Waals surface area contributed by atoms with E-state index in [1.54, 1.807) is 0 Å². The van der Waals surface area contributed by atoms with E-state index in [-0.39, 0.29) is 5.16 Å². The molecule has 1 atom stereocenters. The van der Waals surface area contributed by atoms with Crippen molar-refractivity contribution in [2.75, 3.05) is 7.11 Å². The molecule has 0 spiro atoms. The molecule has 1 aromatic heterocycles. The van der Waals surface area contributed by atoms with Gasteiger partial charge in [-0.1, -0.05) is 11.8 Å². The second-order valence-electron chi connectivity index (χ2n) is 3.15. The van der Waals surface area contributed by atoms with Crippen LogP contribution < -0.4 is 0 Å². The lowest BCUT2D eigenvalue weighted by Crippen LogP contribution is -2.16. The Bertz CT molecular complexity index is 419. The highest BCUT2D eigenvalue weighted by molar-refractivity contribution is 8.00. The van der Waals surface area contributed by atoms with Gasteiger partial charge in [0.2, 0.25) is 5.82 Å². The van der Waals surface area contributed by atoms with Crippen molar-refractivity contribution in [2.45, 2.75) is 23.5 Å². The monoisotopic (exact) mass is 269 g/mol. The van der Waals surface area contributed by atoms with Crippen molar-refractivity contribution in [1.29, 1.82) is 0 Å². The second-order valence-corrected chi connectivity index (χ2v) is 4.45. The van der Waals surface area contributed by atoms with E-state index in [1.165, 1.54) is 21.1 Å². The zero-order chi connectivity index (χ0) is 13.2. The van der Waals surface area contributed by atoms with Gasteiger partial charge in [0.25, 0.3) is 0 Å². The maximum atomic E-state index is 12.4. The molecule has 0 saturated carbocycles. The standard InChI is InChI=1S/C8H10F3N3O2S/c1-4(5(15)16-3)17-7-13-12-6(14(7)2)8(9,10)11/h4H,1-3H3/t4-/m0/s1. The molecule has 0 aliphatic carbocycles. The summed E-state index contributed by atoms with van der Waals surface area (Å²) in [6.45, 7) is 1.51. The van der Waals surface area contributed by atoms with Gasteiger partial charge in [-0.05, 0) is 6.92 Å². The van der Waals surface area contributed by atoms with Crippen LogP contribution >= 0.6 is 11.8 Å². The van der Waals surface area contributed by atoms with Crippen molar-refractivity contribution in [3.8, 4) is 0 Å². The molecule has 0 unspecified atom stereocenters. The lowest BCUT2D eigenvalue weighted by atomic mass is 10.5. The fraction of sp³-hybridized carbons (Fsp3) is 0.625. The number of hydrogen-bond acceptors (Lipinski definition) is 5. The first-order valence-corrected chi connectivity index (χ1v) is 5.36. The lowest BCUT2D eigenvalue weighted by molar-refractivity contribution is -0.147. The molecule has 0 aromatic carbocycles. The fourth-order valence-electron chi connectivity index (χ4n) is 1.04. The number of ether oxygens (including phenoxy) is 1. The molecule has 96 valence electrons. The third-order valence-corrected chi connectivity index (χ3v) is 3.02. The number of aromatic nitrogens is 3. The summed E-state index contributed by atoms with van der Waals surface area (Å²) in [7, 11) is 2.40. The Labute approximate surface area is 99.3 Å². The quantitative estimate of drug-likeness (QED) is 0.614. The Hall–Kier alpha value is -1.25. The van der Waals surface area contributed by atoms with Crippen molar-refractivity contribution < 1.29 is 22.7 Å². The molecule has 17 heavy (non-hydrogen) atoms. The van der Waals surface area contributed by atoms with Crippen LogP contribution in [0.2, 0.25) is 0 Å². The van der Waals surface area contributed by atoms with Gasteiger partial charge in [-0.15, -0.1) is 10.2 Å². The Morgan fingerprint density at radius 1 is 1.47 bits per heavy atom. The topological polar surface area (TPSA) is 57.0 Å². The predicted octanol–water partition coefficient (Wildman–Crippen LogP) is 1.49. The largest absolute Gasteiger partial charge is 0.468 e. The average Bonchev–Trinajstić information content (AvgIpc) is 2.58. The van der Waals surface area contributed by atoms with E-state index >= 15 is 0 Å². The van der Waals surface area contributed by atoms with E-state index < -0.39 is 23.2 Å². The van der Waals surface area contributed by atoms with Crippen LogP contribution in [0.3, 0.4) is 0 Å². The third-order valence-electron chi connectivity index (χ3n) is 1.90. The molecule has 0 radical (unpaired) electrons. The lowest BCUT2D eigenvalue weighted by Gasteiger charge is -2.09. The van der Waals surface area contributed by atoms with Gasteiger partial charge in [-0.3, -0.25) is 4.79 Å². The van der Waals surface area contributed by atoms with E-state index in [0.29, 0.717) is 0 Å². The maximum Gasteiger partial charge on any atom is 0.451 e. The van der Waals surface area contributed by atoms with E-state index in [4.69, 9.17) is 0 Å². The van der Waals surface area contributed by atoms with Gasteiger partial charge in [0.1, 0.15) is 5.25 Å². The molecular formula is C8H10F3N3O2S. The molecule has 1 rings (SSSR count). The molecule has 0 saturated heterocycles. The summed E-state index contributed by atoms with van der Waals surface area (Å²) < 4.78 is 42.5. The number of thioether (sulfide) groups is 1. The van der Waals surface area contributed by atoms with Crippen LogP contribution in [0.5, 0.6) is 0 Å². The minimum absolute atomic E-state index is 0.00947. The van der Waals surface area contributed by atoms with Gasteiger partial charge in [-0.25, -0.2) is 0 Å². The molecule has 0 amide bonds. The number of methoxy groups -OCH3 is 1. The first-order valence-electron chi connectivity index (χ1n) is 4.48. The maximum absolute atomic E-state index is 12.4. The molecule has 9 heteroatoms. The molecule has 0 aliphatic heterocycles. The average molecular weight is 269 g/mol. The van der Waals surface area contributed by atoms with Gasteiger partial charge in [-0.2, -0.15) is 13.2 Å². The summed E-state index contributed by atoms with van der Waals surface area (Å²) in [6, 6.07) is 0. The van der Waals surface area contributed by atoms with Crippen molar-refractivity contribution in [1.82, 2.24) is 14.8 Å². The molecular weight excluding hydrogens is 259 g/mol. The number of carbonyl (C=O) groups is 1. The highest BCUT2D eigenvalue weighted by Crippen LogP contribution is 2.30. The first-order chi connectivity index (χ1) is 7.77. The van der Waals surface area contributed by atoms with Crippen LogP contribution in [0.25, 0.3) is 0 Å². The van der Waals surface area contributed by atoms with Crippen molar-refractivity contribution in [3.63, 3.8) is 0 Å². The Balaban J connectivity index is 2.88. The Kier molecular flexibility index (Phi) is 4.02. The van der Waals surface area contributed by atoms with Crippen LogP contribution in [0.1, 0.15) is 12.7 Å². The van der Waals surface area contributed by atoms with Crippen LogP contribution in [0.4, 0.5) is 13.2 Å². The summed E-state index contributed by atoms with van der Waals surface area (Å²) in [5.74, 6) is -1.64. The van der Waals surface area contributed by atoms with Gasteiger partial charge in [0.05, 0.1) is 7.11 Å². The minimum Gasteiger partial charge on any atom is -0.468 e. The molecule has 0 fully saturated rings. The van der Waals surface area contributed by atoms with E-state index in [1.807, 2.05) is 0 Å². The van der Waals surface area contributed by atoms with Crippen LogP contribution in [0, 0.1) is 0 Å². The molecule has 5 nitrogen and oxygen atoms in total. The summed E-state index contributed by atoms with van der Waals surface area (Å²) in [5, 5.41) is 5.79. The van der Waals surface area contributed by atoms with E-state index in [9.17, 15) is 18.0 Å². The summed E-state index contributed by atoms with van der Waals surface area (Å²) in [4.78, 5) is 11.1. The predicted molar refractivity (Wildman–Crippen MR) is 53.3 cm³/mol. The molecule has 0 aliphatic rings. The van der Waals surface area contributed by atoms with Crippen molar-refractivity contribution in [3.05, 3.63) is 5.82 Å². The fourth-order valence-corrected chi connectivity index (χ4v) is 1.88. The summed E-state index contributed by atoms with van der Waals surface area (Å²) >= 11 is 0.855. The van der Waals surface area contributed by atoms with Crippen LogP contribution in [-0.2, 0) is 22.8 Å². The summed E-state index contributed by atoms with van der Waals surface area (Å²) in [6.07, 6.45) is -4.56. The van der Waals surface area contributed by atoms with Crippen LogP contribution in [0.15, 0.2) is 5.16 Å². The zero-order valence-corrected chi connectivity index (χ0v) is 10.1. The van der Waals surface area contributed by atoms with Gasteiger partial charge in [0.15, 0.2) is 5.16 Å². The normalized spacial score (nSPS) is 13.5. The SMILES string of the molecule is COC(=O)[C@H](C)Sc1nnc(C(F)(F)F)n1C. The number of nitrogens with zero attached hydrogens (tertiary/aromatic N) is 3. The van der Waals surface area contributed by atoms with Gasteiger partial charge < -0.3 is 9.30 Å². The number of carbonyl (C=O) groups excluding carboxylic acids is 1. The number of hydrogen-bond donors (Lipinski definition) is 0. The molecule has 0 N–H and O–H groups in total. The van der Waals surface area contributed by atoms with E-state index in [2.05, 4.69) is 14.9 Å². The zero-order valence-electron chi connectivity index (χ0n) is 9.28. The Morgan fingerprint density at radius 3 is 2.47 bits per heavy atom. The van der Waals surface area contributed by atoms with Crippen molar-refractivity contribution >= 4 is 17.7 Å². The molecule has 1 heterocycles. The highest BCUT2D eigenvalue weighted by Gasteiger charge is 2.37. The number of alkyl halides is 3. The van der Waals surface area contributed by atoms with Gasteiger partial charge >= 0.3 is 12.1 Å². The third kappa shape index (κ3) is 3.11. The smallest absolute Gasteiger partial charge is 0.451 e. The first kappa shape index (κ1) is 13.8. The van der Waals surface area contributed by atoms with Crippen molar-refractivity contribution in [2.24, 2.45) is 7.05 Å². The summed E-state index contributed by atoms with van der Waals surface area (Å²) in [5.41, 5.74) is 0. The molecule has 1 aromatic rings. The molecule has 0 bridgehead atoms. The van der Waals surface area contributed by atoms with Gasteiger partial charge in [0, 0.05) is 7.05 Å².